The maximum Gasteiger partial charge on any atom is 0.387 e. The van der Waals surface area contributed by atoms with Gasteiger partial charge in [0, 0.05) is 35.7 Å². The minimum atomic E-state index is -2.81. The number of nitrogens with zero attached hydrogens (tertiary/aromatic N) is 1. The number of alkyl halides is 2. The highest BCUT2D eigenvalue weighted by Crippen LogP contribution is 2.27. The molecule has 1 heterocycles. The number of nitrogens with two attached hydrogens (primary N) is 1. The van der Waals surface area contributed by atoms with Gasteiger partial charge in [-0.2, -0.15) is 8.78 Å². The van der Waals surface area contributed by atoms with E-state index in [1.807, 2.05) is 6.07 Å². The first kappa shape index (κ1) is 14.7. The largest absolute Gasteiger partial charge is 0.434 e. The molecule has 19 heavy (non-hydrogen) atoms. The summed E-state index contributed by atoms with van der Waals surface area (Å²) in [5.41, 5.74) is 6.72. The molecule has 0 aliphatic carbocycles. The number of ether oxygens (including phenoxy) is 1. The van der Waals surface area contributed by atoms with E-state index in [0.29, 0.717) is 12.5 Å². The van der Waals surface area contributed by atoms with Crippen molar-refractivity contribution >= 4 is 15.9 Å². The van der Waals surface area contributed by atoms with Crippen LogP contribution in [-0.2, 0) is 6.54 Å². The van der Waals surface area contributed by atoms with E-state index >= 15 is 0 Å². The van der Waals surface area contributed by atoms with Crippen LogP contribution < -0.4 is 10.5 Å². The van der Waals surface area contributed by atoms with Crippen molar-refractivity contribution < 1.29 is 13.5 Å². The van der Waals surface area contributed by atoms with Crippen LogP contribution in [0.1, 0.15) is 12.5 Å². The SMILES string of the molecule is CC1CN(Cc2cc(Br)ccc2OC(F)F)CC1N. The third-order valence-electron chi connectivity index (χ3n) is 3.38. The van der Waals surface area contributed by atoms with Gasteiger partial charge in [-0.15, -0.1) is 0 Å². The molecular formula is C13H17BrF2N2O. The Morgan fingerprint density at radius 3 is 2.79 bits per heavy atom. The Hall–Kier alpha value is -0.720. The lowest BCUT2D eigenvalue weighted by molar-refractivity contribution is -0.0507. The van der Waals surface area contributed by atoms with Gasteiger partial charge < -0.3 is 10.5 Å². The molecule has 2 N–H and O–H groups in total. The summed E-state index contributed by atoms with van der Waals surface area (Å²) in [7, 11) is 0. The van der Waals surface area contributed by atoms with E-state index < -0.39 is 6.61 Å². The summed E-state index contributed by atoms with van der Waals surface area (Å²) in [5.74, 6) is 0.651. The lowest BCUT2D eigenvalue weighted by atomic mass is 10.1. The summed E-state index contributed by atoms with van der Waals surface area (Å²) in [4.78, 5) is 2.16. The third kappa shape index (κ3) is 3.87. The highest BCUT2D eigenvalue weighted by molar-refractivity contribution is 9.10. The Bertz CT molecular complexity index is 435. The highest BCUT2D eigenvalue weighted by atomic mass is 79.9. The smallest absolute Gasteiger partial charge is 0.387 e. The summed E-state index contributed by atoms with van der Waals surface area (Å²) in [6, 6.07) is 5.21. The quantitative estimate of drug-likeness (QED) is 0.920. The fourth-order valence-corrected chi connectivity index (χ4v) is 2.76. The standard InChI is InChI=1S/C13H17BrF2N2O/c1-8-5-18(7-11(8)17)6-9-4-10(14)2-3-12(9)19-13(15)16/h2-4,8,11,13H,5-7,17H2,1H3. The number of halogens is 3. The fourth-order valence-electron chi connectivity index (χ4n) is 2.35. The van der Waals surface area contributed by atoms with E-state index in [9.17, 15) is 8.78 Å². The Kier molecular flexibility index (Phi) is 4.76. The molecule has 0 amide bonds. The summed E-state index contributed by atoms with van der Waals surface area (Å²) in [6.45, 7) is 1.52. The van der Waals surface area contributed by atoms with E-state index in [1.165, 1.54) is 0 Å². The summed E-state index contributed by atoms with van der Waals surface area (Å²) in [5, 5.41) is 0. The van der Waals surface area contributed by atoms with Crippen LogP contribution in [0.25, 0.3) is 0 Å². The number of rotatable bonds is 4. The molecule has 106 valence electrons. The maximum absolute atomic E-state index is 12.4. The van der Waals surface area contributed by atoms with Gasteiger partial charge in [-0.25, -0.2) is 0 Å². The van der Waals surface area contributed by atoms with Gasteiger partial charge in [0.2, 0.25) is 0 Å². The van der Waals surface area contributed by atoms with Crippen LogP contribution in [0.5, 0.6) is 5.75 Å². The Labute approximate surface area is 119 Å². The predicted octanol–water partition coefficient (Wildman–Crippen LogP) is 2.83. The van der Waals surface area contributed by atoms with Crippen LogP contribution in [0.4, 0.5) is 8.78 Å². The van der Waals surface area contributed by atoms with Crippen molar-refractivity contribution in [2.24, 2.45) is 11.7 Å². The first-order valence-electron chi connectivity index (χ1n) is 6.17. The minimum Gasteiger partial charge on any atom is -0.434 e. The summed E-state index contributed by atoms with van der Waals surface area (Å²) >= 11 is 3.35. The Morgan fingerprint density at radius 1 is 1.47 bits per heavy atom. The molecule has 1 aliphatic rings. The van der Waals surface area contributed by atoms with E-state index in [2.05, 4.69) is 32.5 Å². The van der Waals surface area contributed by atoms with E-state index in [1.54, 1.807) is 12.1 Å². The third-order valence-corrected chi connectivity index (χ3v) is 3.87. The molecule has 3 nitrogen and oxygen atoms in total. The van der Waals surface area contributed by atoms with Crippen LogP contribution in [-0.4, -0.2) is 30.6 Å². The molecule has 6 heteroatoms. The molecule has 1 saturated heterocycles. The van der Waals surface area contributed by atoms with Crippen LogP contribution in [0.3, 0.4) is 0 Å². The average molecular weight is 335 g/mol. The highest BCUT2D eigenvalue weighted by Gasteiger charge is 2.27. The van der Waals surface area contributed by atoms with Crippen molar-refractivity contribution in [3.63, 3.8) is 0 Å². The van der Waals surface area contributed by atoms with Gasteiger partial charge in [-0.05, 0) is 24.1 Å². The minimum absolute atomic E-state index is 0.145. The fraction of sp³-hybridized carbons (Fsp3) is 0.538. The zero-order valence-corrected chi connectivity index (χ0v) is 12.2. The number of benzene rings is 1. The lowest BCUT2D eigenvalue weighted by Gasteiger charge is -2.18. The van der Waals surface area contributed by atoms with Crippen molar-refractivity contribution in [2.75, 3.05) is 13.1 Å². The molecule has 2 atom stereocenters. The van der Waals surface area contributed by atoms with Gasteiger partial charge in [-0.3, -0.25) is 4.90 Å². The molecule has 2 rings (SSSR count). The molecule has 0 aromatic heterocycles. The molecule has 0 radical (unpaired) electrons. The Morgan fingerprint density at radius 2 is 2.21 bits per heavy atom. The monoisotopic (exact) mass is 334 g/mol. The molecule has 1 aromatic carbocycles. The van der Waals surface area contributed by atoms with E-state index in [0.717, 1.165) is 23.1 Å². The molecule has 0 bridgehead atoms. The molecule has 1 fully saturated rings. The first-order chi connectivity index (χ1) is 8.95. The van der Waals surface area contributed by atoms with Gasteiger partial charge in [0.05, 0.1) is 0 Å². The number of hydrogen-bond donors (Lipinski definition) is 1. The first-order valence-corrected chi connectivity index (χ1v) is 6.96. The second kappa shape index (κ2) is 6.15. The molecule has 0 saturated carbocycles. The van der Waals surface area contributed by atoms with Gasteiger partial charge in [-0.1, -0.05) is 22.9 Å². The summed E-state index contributed by atoms with van der Waals surface area (Å²) in [6.07, 6.45) is 0. The normalized spacial score (nSPS) is 24.1. The van der Waals surface area contributed by atoms with Crippen molar-refractivity contribution in [3.8, 4) is 5.75 Å². The number of likely N-dealkylation sites (tertiary alicyclic amines) is 1. The van der Waals surface area contributed by atoms with Gasteiger partial charge in [0.15, 0.2) is 0 Å². The lowest BCUT2D eigenvalue weighted by Crippen LogP contribution is -2.28. The van der Waals surface area contributed by atoms with Gasteiger partial charge in [0.25, 0.3) is 0 Å². The Balaban J connectivity index is 2.12. The van der Waals surface area contributed by atoms with Crippen molar-refractivity contribution in [3.05, 3.63) is 28.2 Å². The van der Waals surface area contributed by atoms with Crippen LogP contribution in [0, 0.1) is 5.92 Å². The van der Waals surface area contributed by atoms with Gasteiger partial charge >= 0.3 is 6.61 Å². The van der Waals surface area contributed by atoms with Crippen LogP contribution in [0.15, 0.2) is 22.7 Å². The van der Waals surface area contributed by atoms with Gasteiger partial charge in [0.1, 0.15) is 5.75 Å². The second-order valence-electron chi connectivity index (χ2n) is 4.97. The van der Waals surface area contributed by atoms with E-state index in [4.69, 9.17) is 5.73 Å². The zero-order chi connectivity index (χ0) is 14.0. The van der Waals surface area contributed by atoms with Crippen molar-refractivity contribution in [1.82, 2.24) is 4.90 Å². The molecule has 1 aliphatic heterocycles. The average Bonchev–Trinajstić information content (AvgIpc) is 2.61. The summed E-state index contributed by atoms with van der Waals surface area (Å²) < 4.78 is 30.1. The van der Waals surface area contributed by atoms with Crippen LogP contribution in [0.2, 0.25) is 0 Å². The maximum atomic E-state index is 12.4. The number of hydrogen-bond acceptors (Lipinski definition) is 3. The topological polar surface area (TPSA) is 38.5 Å². The molecule has 1 aromatic rings. The van der Waals surface area contributed by atoms with E-state index in [-0.39, 0.29) is 11.8 Å². The van der Waals surface area contributed by atoms with Crippen LogP contribution >= 0.6 is 15.9 Å². The van der Waals surface area contributed by atoms with Crippen molar-refractivity contribution in [2.45, 2.75) is 26.1 Å². The second-order valence-corrected chi connectivity index (χ2v) is 5.88. The molecular weight excluding hydrogens is 318 g/mol. The van der Waals surface area contributed by atoms with Crippen molar-refractivity contribution in [1.29, 1.82) is 0 Å². The predicted molar refractivity (Wildman–Crippen MR) is 73.2 cm³/mol. The molecule has 0 spiro atoms. The zero-order valence-electron chi connectivity index (χ0n) is 10.7. The molecule has 2 unspecified atom stereocenters.